The summed E-state index contributed by atoms with van der Waals surface area (Å²) in [6.45, 7) is 2.30. The standard InChI is InChI=1S/C13H17N3O5/c1-21-13-11(15(17)18)7-10(8-12(13)16(19)20)9-14-5-3-2-4-6-14/h7-8H,2-6,9H2,1H3. The summed E-state index contributed by atoms with van der Waals surface area (Å²) < 4.78 is 4.85. The van der Waals surface area contributed by atoms with Gasteiger partial charge in [-0.1, -0.05) is 6.42 Å². The fourth-order valence-corrected chi connectivity index (χ4v) is 2.60. The van der Waals surface area contributed by atoms with Gasteiger partial charge in [0.25, 0.3) is 5.75 Å². The number of nitro groups is 2. The molecule has 21 heavy (non-hydrogen) atoms. The molecule has 0 radical (unpaired) electrons. The molecule has 0 N–H and O–H groups in total. The molecule has 8 heteroatoms. The number of methoxy groups -OCH3 is 1. The Labute approximate surface area is 121 Å². The number of rotatable bonds is 5. The van der Waals surface area contributed by atoms with E-state index in [4.69, 9.17) is 4.74 Å². The van der Waals surface area contributed by atoms with E-state index < -0.39 is 9.85 Å². The molecule has 1 heterocycles. The third kappa shape index (κ3) is 3.46. The summed E-state index contributed by atoms with van der Waals surface area (Å²) in [5.41, 5.74) is -0.159. The fourth-order valence-electron chi connectivity index (χ4n) is 2.60. The third-order valence-corrected chi connectivity index (χ3v) is 3.56. The lowest BCUT2D eigenvalue weighted by molar-refractivity contribution is -0.396. The molecular weight excluding hydrogens is 278 g/mol. The van der Waals surface area contributed by atoms with Crippen LogP contribution in [0.1, 0.15) is 24.8 Å². The van der Waals surface area contributed by atoms with Crippen LogP contribution >= 0.6 is 0 Å². The number of hydrogen-bond acceptors (Lipinski definition) is 6. The molecule has 1 aliphatic rings. The number of nitro benzene ring substituents is 2. The first kappa shape index (κ1) is 15.2. The van der Waals surface area contributed by atoms with Crippen LogP contribution in [0.15, 0.2) is 12.1 Å². The number of likely N-dealkylation sites (tertiary alicyclic amines) is 1. The summed E-state index contributed by atoms with van der Waals surface area (Å²) in [6.07, 6.45) is 3.35. The number of ether oxygens (including phenoxy) is 1. The van der Waals surface area contributed by atoms with Gasteiger partial charge in [0, 0.05) is 18.7 Å². The number of hydrogen-bond donors (Lipinski definition) is 0. The number of nitrogens with zero attached hydrogens (tertiary/aromatic N) is 3. The van der Waals surface area contributed by atoms with Crippen LogP contribution in [-0.2, 0) is 6.54 Å². The van der Waals surface area contributed by atoms with Gasteiger partial charge in [-0.2, -0.15) is 0 Å². The van der Waals surface area contributed by atoms with Crippen LogP contribution in [0.5, 0.6) is 5.75 Å². The monoisotopic (exact) mass is 295 g/mol. The molecule has 114 valence electrons. The van der Waals surface area contributed by atoms with E-state index in [1.807, 2.05) is 0 Å². The van der Waals surface area contributed by atoms with Crippen LogP contribution in [0.4, 0.5) is 11.4 Å². The molecule has 0 aromatic heterocycles. The quantitative estimate of drug-likeness (QED) is 0.611. The van der Waals surface area contributed by atoms with E-state index in [0.29, 0.717) is 12.1 Å². The van der Waals surface area contributed by atoms with Gasteiger partial charge < -0.3 is 4.74 Å². The van der Waals surface area contributed by atoms with Crippen LogP contribution in [0.2, 0.25) is 0 Å². The molecule has 8 nitrogen and oxygen atoms in total. The Kier molecular flexibility index (Phi) is 4.69. The van der Waals surface area contributed by atoms with Crippen LogP contribution < -0.4 is 4.74 Å². The summed E-state index contributed by atoms with van der Waals surface area (Å²) in [5.74, 6) is -0.299. The Morgan fingerprint density at radius 3 is 2.05 bits per heavy atom. The Hall–Kier alpha value is -2.22. The zero-order valence-corrected chi connectivity index (χ0v) is 11.8. The van der Waals surface area contributed by atoms with E-state index in [9.17, 15) is 20.2 Å². The molecule has 0 saturated carbocycles. The minimum Gasteiger partial charge on any atom is -0.485 e. The third-order valence-electron chi connectivity index (χ3n) is 3.56. The fraction of sp³-hybridized carbons (Fsp3) is 0.538. The summed E-state index contributed by atoms with van der Waals surface area (Å²) in [7, 11) is 1.19. The van der Waals surface area contributed by atoms with Crippen molar-refractivity contribution in [2.45, 2.75) is 25.8 Å². The van der Waals surface area contributed by atoms with Crippen molar-refractivity contribution in [3.05, 3.63) is 37.9 Å². The highest BCUT2D eigenvalue weighted by Crippen LogP contribution is 2.38. The van der Waals surface area contributed by atoms with Gasteiger partial charge in [-0.25, -0.2) is 0 Å². The van der Waals surface area contributed by atoms with Gasteiger partial charge >= 0.3 is 11.4 Å². The Balaban J connectivity index is 2.37. The van der Waals surface area contributed by atoms with E-state index in [0.717, 1.165) is 25.9 Å². The lowest BCUT2D eigenvalue weighted by Gasteiger charge is -2.26. The normalized spacial score (nSPS) is 15.7. The van der Waals surface area contributed by atoms with Gasteiger partial charge in [-0.05, 0) is 31.5 Å². The zero-order valence-electron chi connectivity index (χ0n) is 11.8. The molecule has 0 spiro atoms. The van der Waals surface area contributed by atoms with Gasteiger partial charge in [0.1, 0.15) is 0 Å². The van der Waals surface area contributed by atoms with E-state index >= 15 is 0 Å². The lowest BCUT2D eigenvalue weighted by Crippen LogP contribution is -2.29. The van der Waals surface area contributed by atoms with Crippen molar-refractivity contribution < 1.29 is 14.6 Å². The number of benzene rings is 1. The van der Waals surface area contributed by atoms with Crippen molar-refractivity contribution in [3.63, 3.8) is 0 Å². The first-order valence-corrected chi connectivity index (χ1v) is 6.75. The first-order chi connectivity index (χ1) is 10.0. The Bertz CT molecular complexity index is 520. The molecule has 1 saturated heterocycles. The highest BCUT2D eigenvalue weighted by atomic mass is 16.6. The van der Waals surface area contributed by atoms with Gasteiger partial charge in [0.15, 0.2) is 0 Å². The van der Waals surface area contributed by atoms with E-state index in [-0.39, 0.29) is 17.1 Å². The molecule has 1 fully saturated rings. The lowest BCUT2D eigenvalue weighted by atomic mass is 10.1. The van der Waals surface area contributed by atoms with Crippen molar-refractivity contribution in [3.8, 4) is 5.75 Å². The SMILES string of the molecule is COc1c([N+](=O)[O-])cc(CN2CCCCC2)cc1[N+](=O)[O-]. The van der Waals surface area contributed by atoms with Gasteiger partial charge in [0.05, 0.1) is 17.0 Å². The van der Waals surface area contributed by atoms with Gasteiger partial charge in [-0.3, -0.25) is 25.1 Å². The van der Waals surface area contributed by atoms with E-state index in [2.05, 4.69) is 4.90 Å². The van der Waals surface area contributed by atoms with Crippen molar-refractivity contribution in [2.75, 3.05) is 20.2 Å². The minimum absolute atomic E-state index is 0.299. The van der Waals surface area contributed by atoms with Crippen LogP contribution in [0, 0.1) is 20.2 Å². The summed E-state index contributed by atoms with van der Waals surface area (Å²) in [6, 6.07) is 2.72. The predicted molar refractivity (Wildman–Crippen MR) is 75.4 cm³/mol. The molecule has 2 rings (SSSR count). The average molecular weight is 295 g/mol. The largest absolute Gasteiger partial charge is 0.485 e. The average Bonchev–Trinajstić information content (AvgIpc) is 2.47. The van der Waals surface area contributed by atoms with Crippen molar-refractivity contribution in [2.24, 2.45) is 0 Å². The van der Waals surface area contributed by atoms with Crippen molar-refractivity contribution in [1.29, 1.82) is 0 Å². The summed E-state index contributed by atoms with van der Waals surface area (Å²) >= 11 is 0. The highest BCUT2D eigenvalue weighted by Gasteiger charge is 2.28. The maximum Gasteiger partial charge on any atom is 0.318 e. The molecule has 0 atom stereocenters. The van der Waals surface area contributed by atoms with Crippen molar-refractivity contribution >= 4 is 11.4 Å². The van der Waals surface area contributed by atoms with Gasteiger partial charge in [0.2, 0.25) is 0 Å². The highest BCUT2D eigenvalue weighted by molar-refractivity contribution is 5.62. The zero-order chi connectivity index (χ0) is 15.4. The second-order valence-electron chi connectivity index (χ2n) is 5.02. The predicted octanol–water partition coefficient (Wildman–Crippen LogP) is 2.50. The molecule has 0 aliphatic carbocycles. The van der Waals surface area contributed by atoms with Crippen molar-refractivity contribution in [1.82, 2.24) is 4.90 Å². The molecule has 0 unspecified atom stereocenters. The molecular formula is C13H17N3O5. The maximum atomic E-state index is 11.1. The topological polar surface area (TPSA) is 98.8 Å². The van der Waals surface area contributed by atoms with E-state index in [1.54, 1.807) is 0 Å². The molecule has 0 bridgehead atoms. The smallest absolute Gasteiger partial charge is 0.318 e. The van der Waals surface area contributed by atoms with Crippen LogP contribution in [-0.4, -0.2) is 34.9 Å². The van der Waals surface area contributed by atoms with Gasteiger partial charge in [-0.15, -0.1) is 0 Å². The Morgan fingerprint density at radius 2 is 1.62 bits per heavy atom. The van der Waals surface area contributed by atoms with Crippen LogP contribution in [0.25, 0.3) is 0 Å². The Morgan fingerprint density at radius 1 is 1.10 bits per heavy atom. The summed E-state index contributed by atoms with van der Waals surface area (Å²) in [4.78, 5) is 23.0. The molecule has 1 aliphatic heterocycles. The summed E-state index contributed by atoms with van der Waals surface area (Å²) in [5, 5.41) is 22.2. The molecule has 0 amide bonds. The first-order valence-electron chi connectivity index (χ1n) is 6.75. The second kappa shape index (κ2) is 6.49. The molecule has 1 aromatic carbocycles. The molecule has 1 aromatic rings. The maximum absolute atomic E-state index is 11.1. The van der Waals surface area contributed by atoms with Crippen LogP contribution in [0.3, 0.4) is 0 Å². The second-order valence-corrected chi connectivity index (χ2v) is 5.02. The number of piperidine rings is 1. The van der Waals surface area contributed by atoms with E-state index in [1.165, 1.54) is 25.7 Å². The minimum atomic E-state index is -0.647.